The minimum atomic E-state index is -0.668. The average molecular weight is 271 g/mol. The summed E-state index contributed by atoms with van der Waals surface area (Å²) >= 11 is 0. The zero-order chi connectivity index (χ0) is 14.4. The van der Waals surface area contributed by atoms with Gasteiger partial charge in [0.1, 0.15) is 11.9 Å². The number of aryl methyl sites for hydroxylation is 1. The molecule has 1 N–H and O–H groups in total. The van der Waals surface area contributed by atoms with E-state index in [0.717, 1.165) is 24.0 Å². The molecule has 0 aliphatic rings. The van der Waals surface area contributed by atoms with Gasteiger partial charge >= 0.3 is 0 Å². The van der Waals surface area contributed by atoms with Gasteiger partial charge in [-0.25, -0.2) is 0 Å². The number of aliphatic hydroxyl groups excluding tert-OH is 1. The number of ether oxygens (including phenoxy) is 1. The Morgan fingerprint density at radius 1 is 1.10 bits per heavy atom. The normalized spacial score (nSPS) is 12.2. The van der Waals surface area contributed by atoms with Crippen LogP contribution in [0.25, 0.3) is 0 Å². The first-order valence-electron chi connectivity index (χ1n) is 7.09. The third-order valence-electron chi connectivity index (χ3n) is 3.23. The summed E-state index contributed by atoms with van der Waals surface area (Å²) in [6, 6.07) is 9.86. The van der Waals surface area contributed by atoms with Gasteiger partial charge in [0.25, 0.3) is 0 Å². The molecular formula is C17H21NO2. The molecule has 0 spiro atoms. The van der Waals surface area contributed by atoms with Crippen molar-refractivity contribution in [3.63, 3.8) is 0 Å². The van der Waals surface area contributed by atoms with Crippen molar-refractivity contribution in [3.8, 4) is 5.75 Å². The number of hydrogen-bond donors (Lipinski definition) is 1. The molecule has 0 fully saturated rings. The molecule has 2 rings (SSSR count). The maximum absolute atomic E-state index is 10.4. The average Bonchev–Trinajstić information content (AvgIpc) is 2.52. The Morgan fingerprint density at radius 3 is 2.50 bits per heavy atom. The first-order valence-corrected chi connectivity index (χ1v) is 7.09. The monoisotopic (exact) mass is 271 g/mol. The number of aromatic nitrogens is 1. The van der Waals surface area contributed by atoms with E-state index in [1.165, 1.54) is 5.56 Å². The lowest BCUT2D eigenvalue weighted by molar-refractivity contribution is 0.218. The molecule has 0 saturated heterocycles. The van der Waals surface area contributed by atoms with Crippen molar-refractivity contribution >= 4 is 0 Å². The highest BCUT2D eigenvalue weighted by atomic mass is 16.5. The Kier molecular flexibility index (Phi) is 5.13. The maximum atomic E-state index is 10.4. The number of rotatable bonds is 6. The van der Waals surface area contributed by atoms with Crippen molar-refractivity contribution in [2.75, 3.05) is 6.61 Å². The van der Waals surface area contributed by atoms with Crippen LogP contribution in [0.2, 0.25) is 0 Å². The van der Waals surface area contributed by atoms with E-state index in [0.29, 0.717) is 12.4 Å². The summed E-state index contributed by atoms with van der Waals surface area (Å²) in [5.74, 6) is 0.702. The molecule has 0 amide bonds. The van der Waals surface area contributed by atoms with Gasteiger partial charge in [-0.1, -0.05) is 38.1 Å². The molecule has 106 valence electrons. The summed E-state index contributed by atoms with van der Waals surface area (Å²) < 4.78 is 5.54. The van der Waals surface area contributed by atoms with Crippen LogP contribution in [0.4, 0.5) is 0 Å². The largest absolute Gasteiger partial charge is 0.492 e. The SMILES string of the molecule is CCCOc1cncc(C(O)c2ccc(CC)cc2)c1. The van der Waals surface area contributed by atoms with Crippen LogP contribution in [-0.4, -0.2) is 16.7 Å². The van der Waals surface area contributed by atoms with Crippen LogP contribution in [0.3, 0.4) is 0 Å². The Bertz CT molecular complexity index is 537. The van der Waals surface area contributed by atoms with Crippen LogP contribution in [0, 0.1) is 0 Å². The summed E-state index contributed by atoms with van der Waals surface area (Å²) in [5, 5.41) is 10.4. The summed E-state index contributed by atoms with van der Waals surface area (Å²) in [4.78, 5) is 4.13. The van der Waals surface area contributed by atoms with Crippen molar-refractivity contribution in [2.24, 2.45) is 0 Å². The van der Waals surface area contributed by atoms with Crippen LogP contribution in [0.1, 0.15) is 43.1 Å². The summed E-state index contributed by atoms with van der Waals surface area (Å²) in [7, 11) is 0. The third-order valence-corrected chi connectivity index (χ3v) is 3.23. The second-order valence-corrected chi connectivity index (χ2v) is 4.80. The van der Waals surface area contributed by atoms with Crippen molar-refractivity contribution < 1.29 is 9.84 Å². The van der Waals surface area contributed by atoms with Gasteiger partial charge in [-0.3, -0.25) is 4.98 Å². The molecule has 1 aromatic heterocycles. The molecule has 0 aliphatic carbocycles. The number of nitrogens with zero attached hydrogens (tertiary/aromatic N) is 1. The van der Waals surface area contributed by atoms with Crippen LogP contribution >= 0.6 is 0 Å². The molecule has 0 saturated carbocycles. The topological polar surface area (TPSA) is 42.4 Å². The van der Waals surface area contributed by atoms with Gasteiger partial charge in [-0.2, -0.15) is 0 Å². The number of benzene rings is 1. The predicted octanol–water partition coefficient (Wildman–Crippen LogP) is 3.51. The quantitative estimate of drug-likeness (QED) is 0.874. The van der Waals surface area contributed by atoms with Gasteiger partial charge in [0, 0.05) is 11.8 Å². The van der Waals surface area contributed by atoms with Gasteiger partial charge in [-0.15, -0.1) is 0 Å². The number of pyridine rings is 1. The molecule has 3 heteroatoms. The first-order chi connectivity index (χ1) is 9.74. The number of hydrogen-bond acceptors (Lipinski definition) is 3. The Labute approximate surface area is 120 Å². The van der Waals surface area contributed by atoms with Crippen LogP contribution in [0.15, 0.2) is 42.7 Å². The van der Waals surface area contributed by atoms with Crippen LogP contribution in [0.5, 0.6) is 5.75 Å². The molecule has 0 bridgehead atoms. The molecular weight excluding hydrogens is 250 g/mol. The van der Waals surface area contributed by atoms with Crippen molar-refractivity contribution in [1.29, 1.82) is 0 Å². The van der Waals surface area contributed by atoms with Gasteiger partial charge in [0.05, 0.1) is 12.8 Å². The minimum absolute atomic E-state index is 0.659. The van der Waals surface area contributed by atoms with Gasteiger partial charge in [0.2, 0.25) is 0 Å². The van der Waals surface area contributed by atoms with E-state index in [4.69, 9.17) is 4.74 Å². The fourth-order valence-electron chi connectivity index (χ4n) is 2.01. The lowest BCUT2D eigenvalue weighted by Crippen LogP contribution is -2.02. The molecule has 1 aromatic carbocycles. The second kappa shape index (κ2) is 7.06. The predicted molar refractivity (Wildman–Crippen MR) is 79.9 cm³/mol. The summed E-state index contributed by atoms with van der Waals surface area (Å²) in [6.07, 6.45) is 4.63. The summed E-state index contributed by atoms with van der Waals surface area (Å²) in [5.41, 5.74) is 2.89. The van der Waals surface area contributed by atoms with E-state index < -0.39 is 6.10 Å². The van der Waals surface area contributed by atoms with Gasteiger partial charge in [0.15, 0.2) is 0 Å². The zero-order valence-electron chi connectivity index (χ0n) is 12.0. The molecule has 0 radical (unpaired) electrons. The maximum Gasteiger partial charge on any atom is 0.137 e. The molecule has 1 heterocycles. The molecule has 20 heavy (non-hydrogen) atoms. The highest BCUT2D eigenvalue weighted by Crippen LogP contribution is 2.24. The number of aliphatic hydroxyl groups is 1. The second-order valence-electron chi connectivity index (χ2n) is 4.80. The molecule has 1 atom stereocenters. The van der Waals surface area contributed by atoms with Crippen LogP contribution in [-0.2, 0) is 6.42 Å². The van der Waals surface area contributed by atoms with E-state index in [-0.39, 0.29) is 0 Å². The van der Waals surface area contributed by atoms with E-state index in [2.05, 4.69) is 18.8 Å². The zero-order valence-corrected chi connectivity index (χ0v) is 12.0. The lowest BCUT2D eigenvalue weighted by atomic mass is 10.0. The van der Waals surface area contributed by atoms with Crippen LogP contribution < -0.4 is 4.74 Å². The van der Waals surface area contributed by atoms with Crippen molar-refractivity contribution in [3.05, 3.63) is 59.4 Å². The minimum Gasteiger partial charge on any atom is -0.492 e. The van der Waals surface area contributed by atoms with Gasteiger partial charge in [-0.05, 0) is 30.0 Å². The molecule has 3 nitrogen and oxygen atoms in total. The fourth-order valence-corrected chi connectivity index (χ4v) is 2.01. The lowest BCUT2D eigenvalue weighted by Gasteiger charge is -2.13. The summed E-state index contributed by atoms with van der Waals surface area (Å²) in [6.45, 7) is 4.83. The van der Waals surface area contributed by atoms with Gasteiger partial charge < -0.3 is 9.84 Å². The highest BCUT2D eigenvalue weighted by Gasteiger charge is 2.11. The fraction of sp³-hybridized carbons (Fsp3) is 0.353. The highest BCUT2D eigenvalue weighted by molar-refractivity contribution is 5.33. The smallest absolute Gasteiger partial charge is 0.137 e. The third kappa shape index (κ3) is 3.58. The Balaban J connectivity index is 2.16. The standard InChI is InChI=1S/C17H21NO2/c1-3-9-20-16-10-15(11-18-12-16)17(19)14-7-5-13(4-2)6-8-14/h5-8,10-12,17,19H,3-4,9H2,1-2H3. The first kappa shape index (κ1) is 14.5. The van der Waals surface area contributed by atoms with E-state index in [1.54, 1.807) is 12.4 Å². The van der Waals surface area contributed by atoms with E-state index in [9.17, 15) is 5.11 Å². The molecule has 2 aromatic rings. The molecule has 1 unspecified atom stereocenters. The Morgan fingerprint density at radius 2 is 1.85 bits per heavy atom. The van der Waals surface area contributed by atoms with Crippen molar-refractivity contribution in [1.82, 2.24) is 4.98 Å². The Hall–Kier alpha value is -1.87. The van der Waals surface area contributed by atoms with Crippen molar-refractivity contribution in [2.45, 2.75) is 32.8 Å². The van der Waals surface area contributed by atoms with E-state index >= 15 is 0 Å². The van der Waals surface area contributed by atoms with E-state index in [1.807, 2.05) is 30.3 Å². The molecule has 0 aliphatic heterocycles.